The average molecular weight is 271 g/mol. The molecule has 108 valence electrons. The molecule has 0 aromatic heterocycles. The number of benzene rings is 1. The highest BCUT2D eigenvalue weighted by molar-refractivity contribution is 5.45. The maximum atomic E-state index is 9.38. The predicted octanol–water partition coefficient (Wildman–Crippen LogP) is 3.33. The summed E-state index contributed by atoms with van der Waals surface area (Å²) in [4.78, 5) is 2.37. The zero-order valence-electron chi connectivity index (χ0n) is 12.6. The van der Waals surface area contributed by atoms with E-state index < -0.39 is 0 Å². The molecule has 3 heteroatoms. The van der Waals surface area contributed by atoms with Gasteiger partial charge in [-0.1, -0.05) is 18.2 Å². The summed E-state index contributed by atoms with van der Waals surface area (Å²) < 4.78 is 0. The molecule has 1 N–H and O–H groups in total. The minimum absolute atomic E-state index is 0.364. The zero-order chi connectivity index (χ0) is 14.4. The molecule has 0 bridgehead atoms. The Morgan fingerprint density at radius 1 is 1.35 bits per heavy atom. The lowest BCUT2D eigenvalue weighted by atomic mass is 9.97. The van der Waals surface area contributed by atoms with Crippen LogP contribution in [0.2, 0.25) is 0 Å². The first kappa shape index (κ1) is 14.9. The van der Waals surface area contributed by atoms with Crippen LogP contribution in [-0.4, -0.2) is 24.7 Å². The van der Waals surface area contributed by atoms with Gasteiger partial charge in [-0.15, -0.1) is 0 Å². The molecule has 1 unspecified atom stereocenters. The van der Waals surface area contributed by atoms with Crippen molar-refractivity contribution >= 4 is 5.69 Å². The van der Waals surface area contributed by atoms with E-state index in [4.69, 9.17) is 0 Å². The minimum atomic E-state index is -0.364. The third-order valence-electron chi connectivity index (χ3n) is 3.95. The number of para-hydroxylation sites is 1. The SMILES string of the molecule is CCN(CCCC(C)(C#N)NC1CC1)c1ccccc1. The van der Waals surface area contributed by atoms with E-state index in [0.717, 1.165) is 25.9 Å². The second-order valence-electron chi connectivity index (χ2n) is 5.88. The van der Waals surface area contributed by atoms with Crippen molar-refractivity contribution in [1.29, 1.82) is 5.26 Å². The van der Waals surface area contributed by atoms with Crippen LogP contribution < -0.4 is 10.2 Å². The number of hydrogen-bond acceptors (Lipinski definition) is 3. The Bertz CT molecular complexity index is 447. The van der Waals surface area contributed by atoms with Gasteiger partial charge in [0, 0.05) is 24.8 Å². The van der Waals surface area contributed by atoms with Gasteiger partial charge < -0.3 is 4.90 Å². The average Bonchev–Trinajstić information content (AvgIpc) is 3.28. The van der Waals surface area contributed by atoms with E-state index in [9.17, 15) is 5.26 Å². The van der Waals surface area contributed by atoms with Crippen LogP contribution in [0, 0.1) is 11.3 Å². The quantitative estimate of drug-likeness (QED) is 0.788. The largest absolute Gasteiger partial charge is 0.372 e. The third kappa shape index (κ3) is 4.25. The second-order valence-corrected chi connectivity index (χ2v) is 5.88. The molecular formula is C17H25N3. The van der Waals surface area contributed by atoms with E-state index in [1.807, 2.05) is 13.0 Å². The highest BCUT2D eigenvalue weighted by Crippen LogP contribution is 2.24. The summed E-state index contributed by atoms with van der Waals surface area (Å²) in [6, 6.07) is 13.5. The molecule has 0 heterocycles. The van der Waals surface area contributed by atoms with Gasteiger partial charge in [-0.25, -0.2) is 0 Å². The van der Waals surface area contributed by atoms with Crippen molar-refractivity contribution < 1.29 is 0 Å². The summed E-state index contributed by atoms with van der Waals surface area (Å²) >= 11 is 0. The number of rotatable bonds is 8. The van der Waals surface area contributed by atoms with Crippen LogP contribution in [0.4, 0.5) is 5.69 Å². The Kier molecular flexibility index (Phi) is 5.03. The van der Waals surface area contributed by atoms with Crippen LogP contribution in [0.1, 0.15) is 39.5 Å². The first-order valence-corrected chi connectivity index (χ1v) is 7.66. The van der Waals surface area contributed by atoms with E-state index >= 15 is 0 Å². The van der Waals surface area contributed by atoms with Gasteiger partial charge in [0.05, 0.1) is 6.07 Å². The number of hydrogen-bond donors (Lipinski definition) is 1. The lowest BCUT2D eigenvalue weighted by Crippen LogP contribution is -2.43. The van der Waals surface area contributed by atoms with E-state index in [-0.39, 0.29) is 5.54 Å². The molecular weight excluding hydrogens is 246 g/mol. The van der Waals surface area contributed by atoms with E-state index in [1.165, 1.54) is 18.5 Å². The first-order chi connectivity index (χ1) is 9.67. The van der Waals surface area contributed by atoms with Gasteiger partial charge in [0.25, 0.3) is 0 Å². The van der Waals surface area contributed by atoms with Crippen molar-refractivity contribution in [2.45, 2.75) is 51.1 Å². The zero-order valence-corrected chi connectivity index (χ0v) is 12.6. The molecule has 1 fully saturated rings. The molecule has 3 nitrogen and oxygen atoms in total. The fraction of sp³-hybridized carbons (Fsp3) is 0.588. The number of nitrogens with one attached hydrogen (secondary N) is 1. The minimum Gasteiger partial charge on any atom is -0.372 e. The standard InChI is InChI=1S/C17H25N3/c1-3-20(16-8-5-4-6-9-16)13-7-12-17(2,14-18)19-15-10-11-15/h4-6,8-9,15,19H,3,7,10-13H2,1-2H3. The molecule has 0 spiro atoms. The molecule has 1 aliphatic carbocycles. The molecule has 2 rings (SSSR count). The van der Waals surface area contributed by atoms with Crippen LogP contribution in [0.5, 0.6) is 0 Å². The van der Waals surface area contributed by atoms with Crippen molar-refractivity contribution in [1.82, 2.24) is 5.32 Å². The molecule has 20 heavy (non-hydrogen) atoms. The highest BCUT2D eigenvalue weighted by atomic mass is 15.1. The summed E-state index contributed by atoms with van der Waals surface area (Å²) in [6.45, 7) is 6.22. The van der Waals surface area contributed by atoms with Gasteiger partial charge in [-0.05, 0) is 51.7 Å². The fourth-order valence-corrected chi connectivity index (χ4v) is 2.57. The van der Waals surface area contributed by atoms with Gasteiger partial charge in [0.1, 0.15) is 5.54 Å². The monoisotopic (exact) mass is 271 g/mol. The lowest BCUT2D eigenvalue weighted by molar-refractivity contribution is 0.404. The summed E-state index contributed by atoms with van der Waals surface area (Å²) in [5.74, 6) is 0. The van der Waals surface area contributed by atoms with Crippen LogP contribution in [0.15, 0.2) is 30.3 Å². The molecule has 1 aromatic carbocycles. The van der Waals surface area contributed by atoms with Crippen molar-refractivity contribution in [3.8, 4) is 6.07 Å². The number of anilines is 1. The van der Waals surface area contributed by atoms with Crippen molar-refractivity contribution in [3.63, 3.8) is 0 Å². The van der Waals surface area contributed by atoms with Crippen molar-refractivity contribution in [2.75, 3.05) is 18.0 Å². The maximum absolute atomic E-state index is 9.38. The first-order valence-electron chi connectivity index (χ1n) is 7.66. The molecule has 0 radical (unpaired) electrons. The van der Waals surface area contributed by atoms with E-state index in [0.29, 0.717) is 6.04 Å². The maximum Gasteiger partial charge on any atom is 0.104 e. The van der Waals surface area contributed by atoms with Gasteiger partial charge in [0.2, 0.25) is 0 Å². The number of nitriles is 1. The normalized spacial score (nSPS) is 17.2. The van der Waals surface area contributed by atoms with Crippen LogP contribution in [0.25, 0.3) is 0 Å². The Morgan fingerprint density at radius 2 is 2.05 bits per heavy atom. The van der Waals surface area contributed by atoms with Crippen molar-refractivity contribution in [3.05, 3.63) is 30.3 Å². The van der Waals surface area contributed by atoms with E-state index in [1.54, 1.807) is 0 Å². The van der Waals surface area contributed by atoms with Crippen LogP contribution in [0.3, 0.4) is 0 Å². The Balaban J connectivity index is 1.82. The molecule has 1 aliphatic rings. The van der Waals surface area contributed by atoms with Gasteiger partial charge >= 0.3 is 0 Å². The highest BCUT2D eigenvalue weighted by Gasteiger charge is 2.32. The van der Waals surface area contributed by atoms with Gasteiger partial charge in [-0.3, -0.25) is 5.32 Å². The molecule has 1 saturated carbocycles. The number of nitrogens with zero attached hydrogens (tertiary/aromatic N) is 2. The molecule has 0 aliphatic heterocycles. The van der Waals surface area contributed by atoms with Gasteiger partial charge in [-0.2, -0.15) is 5.26 Å². The van der Waals surface area contributed by atoms with Crippen LogP contribution >= 0.6 is 0 Å². The molecule has 0 amide bonds. The molecule has 1 aromatic rings. The Morgan fingerprint density at radius 3 is 2.60 bits per heavy atom. The fourth-order valence-electron chi connectivity index (χ4n) is 2.57. The Labute approximate surface area is 122 Å². The van der Waals surface area contributed by atoms with Gasteiger partial charge in [0.15, 0.2) is 0 Å². The third-order valence-corrected chi connectivity index (χ3v) is 3.95. The Hall–Kier alpha value is -1.53. The predicted molar refractivity (Wildman–Crippen MR) is 83.7 cm³/mol. The van der Waals surface area contributed by atoms with Crippen LogP contribution in [-0.2, 0) is 0 Å². The van der Waals surface area contributed by atoms with E-state index in [2.05, 4.69) is 47.5 Å². The summed E-state index contributed by atoms with van der Waals surface area (Å²) in [7, 11) is 0. The summed E-state index contributed by atoms with van der Waals surface area (Å²) in [5.41, 5.74) is 0.904. The lowest BCUT2D eigenvalue weighted by Gasteiger charge is -2.27. The molecule has 1 atom stereocenters. The van der Waals surface area contributed by atoms with Crippen molar-refractivity contribution in [2.24, 2.45) is 0 Å². The summed E-state index contributed by atoms with van der Waals surface area (Å²) in [5, 5.41) is 12.8. The topological polar surface area (TPSA) is 39.1 Å². The second kappa shape index (κ2) is 6.76. The molecule has 0 saturated heterocycles. The smallest absolute Gasteiger partial charge is 0.104 e. The summed E-state index contributed by atoms with van der Waals surface area (Å²) in [6.07, 6.45) is 4.39.